The number of H-pyrrole nitrogens is 1. The van der Waals surface area contributed by atoms with E-state index in [9.17, 15) is 8.42 Å². The molecule has 0 bridgehead atoms. The molecule has 1 aromatic rings. The standard InChI is InChI=1S/C10H18N4O2S/c1-9-7-13(2)4-3-5-14(9)17(15,16)10-6-11-8-12-10/h6,8-9H,3-5,7H2,1-2H3,(H,11,12). The van der Waals surface area contributed by atoms with Gasteiger partial charge in [-0.1, -0.05) is 0 Å². The molecular weight excluding hydrogens is 240 g/mol. The highest BCUT2D eigenvalue weighted by atomic mass is 32.2. The molecule has 1 atom stereocenters. The molecule has 96 valence electrons. The van der Waals surface area contributed by atoms with Crippen LogP contribution in [0.4, 0.5) is 0 Å². The van der Waals surface area contributed by atoms with Gasteiger partial charge in [0.05, 0.1) is 12.5 Å². The van der Waals surface area contributed by atoms with Crippen molar-refractivity contribution >= 4 is 10.0 Å². The zero-order valence-corrected chi connectivity index (χ0v) is 10.9. The number of rotatable bonds is 2. The fraction of sp³-hybridized carbons (Fsp3) is 0.700. The van der Waals surface area contributed by atoms with Crippen LogP contribution in [0.5, 0.6) is 0 Å². The van der Waals surface area contributed by atoms with E-state index in [0.717, 1.165) is 19.5 Å². The zero-order valence-electron chi connectivity index (χ0n) is 10.1. The summed E-state index contributed by atoms with van der Waals surface area (Å²) in [6.07, 6.45) is 3.60. The van der Waals surface area contributed by atoms with E-state index >= 15 is 0 Å². The fourth-order valence-electron chi connectivity index (χ4n) is 2.22. The first-order valence-electron chi connectivity index (χ1n) is 5.70. The minimum atomic E-state index is -3.43. The van der Waals surface area contributed by atoms with Gasteiger partial charge in [-0.2, -0.15) is 4.31 Å². The number of likely N-dealkylation sites (N-methyl/N-ethyl adjacent to an activating group) is 1. The first-order chi connectivity index (χ1) is 8.01. The van der Waals surface area contributed by atoms with E-state index in [-0.39, 0.29) is 11.1 Å². The highest BCUT2D eigenvalue weighted by molar-refractivity contribution is 7.89. The quantitative estimate of drug-likeness (QED) is 0.818. The van der Waals surface area contributed by atoms with Gasteiger partial charge in [-0.15, -0.1) is 0 Å². The lowest BCUT2D eigenvalue weighted by Crippen LogP contribution is -2.42. The molecule has 0 radical (unpaired) electrons. The van der Waals surface area contributed by atoms with Gasteiger partial charge in [0.25, 0.3) is 10.0 Å². The van der Waals surface area contributed by atoms with Crippen molar-refractivity contribution in [3.8, 4) is 0 Å². The normalized spacial score (nSPS) is 24.7. The maximum absolute atomic E-state index is 12.4. The van der Waals surface area contributed by atoms with E-state index in [1.54, 1.807) is 4.31 Å². The first kappa shape index (κ1) is 12.5. The molecule has 0 aliphatic carbocycles. The summed E-state index contributed by atoms with van der Waals surface area (Å²) in [5.74, 6) is 0. The van der Waals surface area contributed by atoms with E-state index in [1.807, 2.05) is 14.0 Å². The number of hydrogen-bond acceptors (Lipinski definition) is 4. The third-order valence-electron chi connectivity index (χ3n) is 3.05. The van der Waals surface area contributed by atoms with Gasteiger partial charge in [0.15, 0.2) is 5.03 Å². The van der Waals surface area contributed by atoms with E-state index in [0.29, 0.717) is 6.54 Å². The number of aromatic amines is 1. The lowest BCUT2D eigenvalue weighted by atomic mass is 10.3. The molecule has 1 saturated heterocycles. The number of imidazole rings is 1. The largest absolute Gasteiger partial charge is 0.335 e. The summed E-state index contributed by atoms with van der Waals surface area (Å²) < 4.78 is 26.3. The van der Waals surface area contributed by atoms with Crippen molar-refractivity contribution < 1.29 is 8.42 Å². The van der Waals surface area contributed by atoms with Crippen molar-refractivity contribution in [3.05, 3.63) is 12.5 Å². The van der Waals surface area contributed by atoms with Crippen LogP contribution in [-0.2, 0) is 10.0 Å². The van der Waals surface area contributed by atoms with Crippen LogP contribution in [0.25, 0.3) is 0 Å². The molecule has 1 unspecified atom stereocenters. The topological polar surface area (TPSA) is 69.3 Å². The third kappa shape index (κ3) is 2.51. The van der Waals surface area contributed by atoms with Gasteiger partial charge in [-0.25, -0.2) is 13.4 Å². The van der Waals surface area contributed by atoms with Crippen LogP contribution in [0, 0.1) is 0 Å². The second kappa shape index (κ2) is 4.75. The predicted octanol–water partition coefficient (Wildman–Crippen LogP) is 0.124. The lowest BCUT2D eigenvalue weighted by molar-refractivity contribution is 0.290. The number of hydrogen-bond donors (Lipinski definition) is 1. The minimum Gasteiger partial charge on any atom is -0.335 e. The van der Waals surface area contributed by atoms with Gasteiger partial charge in [-0.3, -0.25) is 0 Å². The highest BCUT2D eigenvalue weighted by Gasteiger charge is 2.31. The van der Waals surface area contributed by atoms with Gasteiger partial charge >= 0.3 is 0 Å². The van der Waals surface area contributed by atoms with Crippen molar-refractivity contribution in [1.82, 2.24) is 19.2 Å². The van der Waals surface area contributed by atoms with Gasteiger partial charge in [0, 0.05) is 19.1 Å². The van der Waals surface area contributed by atoms with Gasteiger partial charge in [-0.05, 0) is 26.9 Å². The maximum Gasteiger partial charge on any atom is 0.260 e. The van der Waals surface area contributed by atoms with Crippen LogP contribution in [0.1, 0.15) is 13.3 Å². The summed E-state index contributed by atoms with van der Waals surface area (Å²) in [6.45, 7) is 4.19. The molecular formula is C10H18N4O2S. The van der Waals surface area contributed by atoms with E-state index in [4.69, 9.17) is 0 Å². The summed E-state index contributed by atoms with van der Waals surface area (Å²) in [4.78, 5) is 8.61. The van der Waals surface area contributed by atoms with Crippen LogP contribution in [0.2, 0.25) is 0 Å². The monoisotopic (exact) mass is 258 g/mol. The molecule has 6 nitrogen and oxygen atoms in total. The van der Waals surface area contributed by atoms with Crippen LogP contribution in [0.3, 0.4) is 0 Å². The van der Waals surface area contributed by atoms with E-state index < -0.39 is 10.0 Å². The Morgan fingerprint density at radius 3 is 2.88 bits per heavy atom. The van der Waals surface area contributed by atoms with Crippen LogP contribution in [0.15, 0.2) is 17.6 Å². The SMILES string of the molecule is CC1CN(C)CCCN1S(=O)(=O)c1cnc[nH]1. The minimum absolute atomic E-state index is 0.0178. The van der Waals surface area contributed by atoms with Crippen molar-refractivity contribution in [1.29, 1.82) is 0 Å². The molecule has 1 fully saturated rings. The Labute approximate surface area is 102 Å². The van der Waals surface area contributed by atoms with Crippen molar-refractivity contribution in [2.24, 2.45) is 0 Å². The molecule has 2 rings (SSSR count). The van der Waals surface area contributed by atoms with Crippen molar-refractivity contribution in [2.75, 3.05) is 26.7 Å². The molecule has 0 amide bonds. The molecule has 17 heavy (non-hydrogen) atoms. The Balaban J connectivity index is 2.27. The number of aromatic nitrogens is 2. The molecule has 2 heterocycles. The third-order valence-corrected chi connectivity index (χ3v) is 4.98. The summed E-state index contributed by atoms with van der Waals surface area (Å²) in [7, 11) is -1.41. The smallest absolute Gasteiger partial charge is 0.260 e. The van der Waals surface area contributed by atoms with Gasteiger partial charge in [0.1, 0.15) is 0 Å². The lowest BCUT2D eigenvalue weighted by Gasteiger charge is -2.26. The number of nitrogens with one attached hydrogen (secondary N) is 1. The van der Waals surface area contributed by atoms with Crippen LogP contribution < -0.4 is 0 Å². The Morgan fingerprint density at radius 1 is 1.47 bits per heavy atom. The Kier molecular flexibility index (Phi) is 3.50. The summed E-state index contributed by atoms with van der Waals surface area (Å²) >= 11 is 0. The second-order valence-electron chi connectivity index (χ2n) is 4.50. The highest BCUT2D eigenvalue weighted by Crippen LogP contribution is 2.18. The molecule has 1 aliphatic heterocycles. The van der Waals surface area contributed by atoms with E-state index in [2.05, 4.69) is 14.9 Å². The van der Waals surface area contributed by atoms with Crippen LogP contribution >= 0.6 is 0 Å². The molecule has 0 aromatic carbocycles. The predicted molar refractivity (Wildman–Crippen MR) is 64.1 cm³/mol. The first-order valence-corrected chi connectivity index (χ1v) is 7.14. The zero-order chi connectivity index (χ0) is 12.5. The number of sulfonamides is 1. The second-order valence-corrected chi connectivity index (χ2v) is 6.36. The Hall–Kier alpha value is -0.920. The van der Waals surface area contributed by atoms with Crippen molar-refractivity contribution in [2.45, 2.75) is 24.4 Å². The Bertz CT molecular complexity index is 457. The molecule has 0 spiro atoms. The summed E-state index contributed by atoms with van der Waals surface area (Å²) in [5, 5.41) is 0.175. The van der Waals surface area contributed by atoms with Gasteiger partial charge in [0.2, 0.25) is 0 Å². The summed E-state index contributed by atoms with van der Waals surface area (Å²) in [6, 6.07) is -0.0178. The number of nitrogens with zero attached hydrogens (tertiary/aromatic N) is 3. The van der Waals surface area contributed by atoms with Crippen molar-refractivity contribution in [3.63, 3.8) is 0 Å². The fourth-order valence-corrected chi connectivity index (χ4v) is 3.78. The maximum atomic E-state index is 12.4. The Morgan fingerprint density at radius 2 is 2.24 bits per heavy atom. The molecule has 1 aromatic heterocycles. The van der Waals surface area contributed by atoms with Gasteiger partial charge < -0.3 is 9.88 Å². The molecule has 1 aliphatic rings. The molecule has 7 heteroatoms. The van der Waals surface area contributed by atoms with Crippen LogP contribution in [-0.4, -0.2) is 60.3 Å². The van der Waals surface area contributed by atoms with E-state index in [1.165, 1.54) is 12.5 Å². The summed E-state index contributed by atoms with van der Waals surface area (Å²) in [5.41, 5.74) is 0. The molecule has 1 N–H and O–H groups in total. The average molecular weight is 258 g/mol. The molecule has 0 saturated carbocycles. The average Bonchev–Trinajstić information content (AvgIpc) is 2.72.